The number of hydrogen-bond donors (Lipinski definition) is 1. The van der Waals surface area contributed by atoms with Crippen molar-refractivity contribution in [2.24, 2.45) is 5.41 Å². The number of likely N-dealkylation sites (N-methyl/N-ethyl adjacent to an activating group) is 1. The number of hydrogen-bond acceptors (Lipinski definition) is 4. The minimum Gasteiger partial charge on any atom is -0.339 e. The molecule has 1 unspecified atom stereocenters. The summed E-state index contributed by atoms with van der Waals surface area (Å²) in [6, 6.07) is 0.356. The molecule has 0 spiro atoms. The number of aromatic nitrogens is 2. The molecular formula is C14H25N3O. The Morgan fingerprint density at radius 2 is 2.00 bits per heavy atom. The third-order valence-electron chi connectivity index (χ3n) is 3.98. The molecular weight excluding hydrogens is 226 g/mol. The van der Waals surface area contributed by atoms with Crippen LogP contribution in [-0.4, -0.2) is 23.2 Å². The first-order valence-electron chi connectivity index (χ1n) is 7.00. The summed E-state index contributed by atoms with van der Waals surface area (Å²) in [6.07, 6.45) is 5.84. The fraction of sp³-hybridized carbons (Fsp3) is 0.857. The molecule has 1 aromatic heterocycles. The highest BCUT2D eigenvalue weighted by atomic mass is 16.5. The molecule has 0 aliphatic heterocycles. The Labute approximate surface area is 110 Å². The van der Waals surface area contributed by atoms with E-state index in [0.717, 1.165) is 18.1 Å². The summed E-state index contributed by atoms with van der Waals surface area (Å²) < 4.78 is 5.40. The van der Waals surface area contributed by atoms with E-state index in [1.54, 1.807) is 0 Å². The first kappa shape index (κ1) is 13.5. The maximum atomic E-state index is 5.40. The summed E-state index contributed by atoms with van der Waals surface area (Å²) in [5.74, 6) is 2.22. The molecule has 1 saturated carbocycles. The van der Waals surface area contributed by atoms with Gasteiger partial charge in [0.2, 0.25) is 5.89 Å². The highest BCUT2D eigenvalue weighted by Crippen LogP contribution is 2.32. The van der Waals surface area contributed by atoms with Crippen LogP contribution in [0.1, 0.15) is 64.1 Å². The molecule has 1 fully saturated rings. The molecule has 1 aliphatic rings. The molecule has 0 bridgehead atoms. The smallest absolute Gasteiger partial charge is 0.228 e. The quantitative estimate of drug-likeness (QED) is 0.894. The van der Waals surface area contributed by atoms with Crippen LogP contribution in [0.3, 0.4) is 0 Å². The third kappa shape index (κ3) is 3.10. The predicted molar refractivity (Wildman–Crippen MR) is 71.5 cm³/mol. The molecule has 102 valence electrons. The van der Waals surface area contributed by atoms with Gasteiger partial charge in [0.25, 0.3) is 0 Å². The molecule has 0 saturated heterocycles. The Balaban J connectivity index is 2.01. The third-order valence-corrected chi connectivity index (χ3v) is 3.98. The summed E-state index contributed by atoms with van der Waals surface area (Å²) in [5, 5.41) is 7.50. The van der Waals surface area contributed by atoms with Gasteiger partial charge in [0, 0.05) is 18.4 Å². The number of nitrogens with zero attached hydrogens (tertiary/aromatic N) is 2. The molecule has 1 aromatic rings. The molecule has 4 heteroatoms. The van der Waals surface area contributed by atoms with Crippen molar-refractivity contribution in [3.05, 3.63) is 11.7 Å². The molecule has 1 atom stereocenters. The highest BCUT2D eigenvalue weighted by Gasteiger charge is 2.27. The van der Waals surface area contributed by atoms with Gasteiger partial charge in [-0.3, -0.25) is 0 Å². The molecule has 0 radical (unpaired) electrons. The van der Waals surface area contributed by atoms with Crippen molar-refractivity contribution in [3.8, 4) is 0 Å². The first-order valence-corrected chi connectivity index (χ1v) is 7.00. The lowest BCUT2D eigenvalue weighted by atomic mass is 9.85. The van der Waals surface area contributed by atoms with Crippen LogP contribution >= 0.6 is 0 Å². The predicted octanol–water partition coefficient (Wildman–Crippen LogP) is 2.90. The maximum absolute atomic E-state index is 5.40. The monoisotopic (exact) mass is 251 g/mol. The molecule has 1 aliphatic carbocycles. The van der Waals surface area contributed by atoms with Gasteiger partial charge < -0.3 is 9.84 Å². The lowest BCUT2D eigenvalue weighted by Gasteiger charge is -2.29. The van der Waals surface area contributed by atoms with Crippen LogP contribution in [0.5, 0.6) is 0 Å². The van der Waals surface area contributed by atoms with E-state index in [1.165, 1.54) is 25.7 Å². The summed E-state index contributed by atoms with van der Waals surface area (Å²) in [7, 11) is 1.99. The fourth-order valence-corrected chi connectivity index (χ4v) is 2.72. The average molecular weight is 251 g/mol. The zero-order valence-corrected chi connectivity index (χ0v) is 12.0. The van der Waals surface area contributed by atoms with Crippen LogP contribution in [0.4, 0.5) is 0 Å². The van der Waals surface area contributed by atoms with E-state index in [1.807, 2.05) is 7.05 Å². The second kappa shape index (κ2) is 5.39. The Kier molecular flexibility index (Phi) is 4.05. The Morgan fingerprint density at radius 1 is 1.33 bits per heavy atom. The molecule has 1 N–H and O–H groups in total. The van der Waals surface area contributed by atoms with E-state index in [-0.39, 0.29) is 5.41 Å². The maximum Gasteiger partial charge on any atom is 0.228 e. The largest absolute Gasteiger partial charge is 0.339 e. The van der Waals surface area contributed by atoms with Gasteiger partial charge in [-0.2, -0.15) is 4.98 Å². The van der Waals surface area contributed by atoms with Crippen LogP contribution in [0, 0.1) is 5.41 Å². The van der Waals surface area contributed by atoms with Crippen LogP contribution in [0.2, 0.25) is 0 Å². The summed E-state index contributed by atoms with van der Waals surface area (Å²) in [4.78, 5) is 4.58. The van der Waals surface area contributed by atoms with Crippen molar-refractivity contribution >= 4 is 0 Å². The van der Waals surface area contributed by atoms with Gasteiger partial charge >= 0.3 is 0 Å². The Morgan fingerprint density at radius 3 is 2.56 bits per heavy atom. The molecule has 4 nitrogen and oxygen atoms in total. The van der Waals surface area contributed by atoms with Crippen molar-refractivity contribution in [2.45, 2.75) is 64.8 Å². The minimum atomic E-state index is 0.191. The summed E-state index contributed by atoms with van der Waals surface area (Å²) >= 11 is 0. The van der Waals surface area contributed by atoms with Crippen molar-refractivity contribution in [3.63, 3.8) is 0 Å². The van der Waals surface area contributed by atoms with E-state index in [2.05, 4.69) is 36.2 Å². The number of rotatable bonds is 4. The second-order valence-corrected chi connectivity index (χ2v) is 6.44. The Bertz CT molecular complexity index is 375. The fourth-order valence-electron chi connectivity index (χ4n) is 2.72. The topological polar surface area (TPSA) is 51.0 Å². The van der Waals surface area contributed by atoms with Crippen molar-refractivity contribution in [1.82, 2.24) is 15.5 Å². The summed E-state index contributed by atoms with van der Waals surface area (Å²) in [6.45, 7) is 6.67. The Hall–Kier alpha value is -0.900. The van der Waals surface area contributed by atoms with Gasteiger partial charge in [-0.25, -0.2) is 0 Å². The highest BCUT2D eigenvalue weighted by molar-refractivity contribution is 4.99. The van der Waals surface area contributed by atoms with E-state index >= 15 is 0 Å². The van der Waals surface area contributed by atoms with Gasteiger partial charge in [0.15, 0.2) is 5.82 Å². The molecule has 2 rings (SSSR count). The minimum absolute atomic E-state index is 0.191. The molecule has 18 heavy (non-hydrogen) atoms. The second-order valence-electron chi connectivity index (χ2n) is 6.44. The molecule has 0 aromatic carbocycles. The van der Waals surface area contributed by atoms with Crippen LogP contribution in [-0.2, 0) is 6.42 Å². The van der Waals surface area contributed by atoms with E-state index < -0.39 is 0 Å². The van der Waals surface area contributed by atoms with Gasteiger partial charge in [-0.1, -0.05) is 38.8 Å². The van der Waals surface area contributed by atoms with Crippen molar-refractivity contribution in [2.75, 3.05) is 7.05 Å². The van der Waals surface area contributed by atoms with Gasteiger partial charge in [0.05, 0.1) is 0 Å². The number of nitrogens with one attached hydrogen (secondary N) is 1. The zero-order valence-electron chi connectivity index (χ0n) is 12.0. The average Bonchev–Trinajstić information content (AvgIpc) is 2.94. The van der Waals surface area contributed by atoms with Gasteiger partial charge in [-0.15, -0.1) is 0 Å². The van der Waals surface area contributed by atoms with Crippen LogP contribution in [0.25, 0.3) is 0 Å². The first-order chi connectivity index (χ1) is 8.50. The summed E-state index contributed by atoms with van der Waals surface area (Å²) in [5.41, 5.74) is 0.191. The van der Waals surface area contributed by atoms with E-state index in [4.69, 9.17) is 4.52 Å². The van der Waals surface area contributed by atoms with Gasteiger partial charge in [-0.05, 0) is 25.3 Å². The van der Waals surface area contributed by atoms with Crippen LogP contribution < -0.4 is 5.32 Å². The normalized spacial score (nSPS) is 19.3. The molecule has 1 heterocycles. The van der Waals surface area contributed by atoms with E-state index in [0.29, 0.717) is 12.0 Å². The lowest BCUT2D eigenvalue weighted by Crippen LogP contribution is -2.39. The molecule has 0 amide bonds. The van der Waals surface area contributed by atoms with Gasteiger partial charge in [0.1, 0.15) is 0 Å². The van der Waals surface area contributed by atoms with E-state index in [9.17, 15) is 0 Å². The lowest BCUT2D eigenvalue weighted by molar-refractivity contribution is 0.255. The van der Waals surface area contributed by atoms with Crippen LogP contribution in [0.15, 0.2) is 4.52 Å². The van der Waals surface area contributed by atoms with Crippen molar-refractivity contribution < 1.29 is 4.52 Å². The zero-order chi connectivity index (χ0) is 13.2. The standard InChI is InChI=1S/C14H25N3O/c1-14(2,3)11(15-4)9-12-16-13(17-18-12)10-7-5-6-8-10/h10-11,15H,5-9H2,1-4H3. The van der Waals surface area contributed by atoms with Crippen molar-refractivity contribution in [1.29, 1.82) is 0 Å². The SMILES string of the molecule is CNC(Cc1nc(C2CCCC2)no1)C(C)(C)C.